The van der Waals surface area contributed by atoms with Crippen LogP contribution in [-0.4, -0.2) is 28.0 Å². The van der Waals surface area contributed by atoms with Gasteiger partial charge in [-0.3, -0.25) is 9.59 Å². The van der Waals surface area contributed by atoms with Gasteiger partial charge >= 0.3 is 0 Å². The minimum atomic E-state index is -0.762. The molecule has 0 spiro atoms. The number of benzene rings is 3. The van der Waals surface area contributed by atoms with Crippen LogP contribution in [-0.2, 0) is 11.3 Å². The lowest BCUT2D eigenvalue weighted by molar-refractivity contribution is -0.117. The summed E-state index contributed by atoms with van der Waals surface area (Å²) in [6.07, 6.45) is 0. The zero-order chi connectivity index (χ0) is 23.4. The molecule has 0 saturated heterocycles. The summed E-state index contributed by atoms with van der Waals surface area (Å²) in [7, 11) is 0. The number of hydrogen-bond donors (Lipinski definition) is 2. The first kappa shape index (κ1) is 22.2. The Morgan fingerprint density at radius 1 is 1.00 bits per heavy atom. The van der Waals surface area contributed by atoms with Crippen LogP contribution in [0.15, 0.2) is 83.0 Å². The van der Waals surface area contributed by atoms with Crippen molar-refractivity contribution in [1.82, 2.24) is 9.88 Å². The van der Waals surface area contributed by atoms with Gasteiger partial charge in [-0.1, -0.05) is 60.1 Å². The van der Waals surface area contributed by atoms with Gasteiger partial charge in [0.05, 0.1) is 17.6 Å². The highest BCUT2D eigenvalue weighted by Gasteiger charge is 2.18. The van der Waals surface area contributed by atoms with Crippen LogP contribution in [0.1, 0.15) is 15.9 Å². The fraction of sp³-hybridized carbons (Fsp3) is 0.0833. The van der Waals surface area contributed by atoms with E-state index in [1.807, 2.05) is 24.3 Å². The summed E-state index contributed by atoms with van der Waals surface area (Å²) in [5.41, 5.74) is 1.42. The van der Waals surface area contributed by atoms with Crippen molar-refractivity contribution in [3.8, 4) is 5.88 Å². The summed E-state index contributed by atoms with van der Waals surface area (Å²) in [4.78, 5) is 24.2. The van der Waals surface area contributed by atoms with E-state index < -0.39 is 24.2 Å². The van der Waals surface area contributed by atoms with E-state index >= 15 is 0 Å². The number of azo groups is 1. The first-order valence-corrected chi connectivity index (χ1v) is 10.3. The van der Waals surface area contributed by atoms with E-state index in [4.69, 9.17) is 11.6 Å². The highest BCUT2D eigenvalue weighted by atomic mass is 35.5. The van der Waals surface area contributed by atoms with Gasteiger partial charge in [-0.25, -0.2) is 4.39 Å². The summed E-state index contributed by atoms with van der Waals surface area (Å²) in [6, 6.07) is 19.8. The minimum Gasteiger partial charge on any atom is -0.493 e. The van der Waals surface area contributed by atoms with Gasteiger partial charge < -0.3 is 15.0 Å². The van der Waals surface area contributed by atoms with Crippen LogP contribution in [0.2, 0.25) is 5.02 Å². The second-order valence-corrected chi connectivity index (χ2v) is 7.53. The molecule has 0 aliphatic carbocycles. The number of para-hydroxylation sites is 1. The quantitative estimate of drug-likeness (QED) is 0.382. The van der Waals surface area contributed by atoms with Crippen molar-refractivity contribution < 1.29 is 19.1 Å². The van der Waals surface area contributed by atoms with Crippen LogP contribution in [0.25, 0.3) is 10.9 Å². The first-order chi connectivity index (χ1) is 16.0. The van der Waals surface area contributed by atoms with Gasteiger partial charge in [-0.15, -0.1) is 10.2 Å². The third-order valence-electron chi connectivity index (χ3n) is 4.98. The monoisotopic (exact) mass is 464 g/mol. The number of amides is 2. The second-order valence-electron chi connectivity index (χ2n) is 7.12. The normalized spacial score (nSPS) is 11.2. The van der Waals surface area contributed by atoms with Gasteiger partial charge in [0.1, 0.15) is 12.4 Å². The number of aromatic nitrogens is 1. The smallest absolute Gasteiger partial charge is 0.283 e. The molecule has 0 fully saturated rings. The molecule has 1 aromatic heterocycles. The molecule has 166 valence electrons. The molecule has 0 aliphatic rings. The highest BCUT2D eigenvalue weighted by molar-refractivity contribution is 6.31. The number of fused-ring (bicyclic) bond motifs is 1. The van der Waals surface area contributed by atoms with Crippen molar-refractivity contribution in [2.75, 3.05) is 6.54 Å². The Bertz CT molecular complexity index is 1380. The number of carbonyl (C=O) groups excluding carboxylic acids is 2. The second kappa shape index (κ2) is 9.62. The van der Waals surface area contributed by atoms with Crippen LogP contribution in [0.3, 0.4) is 0 Å². The maximum absolute atomic E-state index is 13.7. The van der Waals surface area contributed by atoms with Crippen molar-refractivity contribution >= 4 is 40.0 Å². The highest BCUT2D eigenvalue weighted by Crippen LogP contribution is 2.39. The largest absolute Gasteiger partial charge is 0.493 e. The Morgan fingerprint density at radius 2 is 1.70 bits per heavy atom. The molecule has 4 aromatic rings. The van der Waals surface area contributed by atoms with Crippen LogP contribution in [0.5, 0.6) is 5.88 Å². The number of aromatic hydroxyl groups is 1. The molecule has 0 unspecified atom stereocenters. The molecular formula is C24H18ClFN4O3. The van der Waals surface area contributed by atoms with Gasteiger partial charge in [-0.2, -0.15) is 0 Å². The van der Waals surface area contributed by atoms with E-state index in [2.05, 4.69) is 15.5 Å². The van der Waals surface area contributed by atoms with Crippen molar-refractivity contribution in [2.45, 2.75) is 6.54 Å². The molecule has 0 radical (unpaired) electrons. The lowest BCUT2D eigenvalue weighted by Crippen LogP contribution is -2.29. The maximum Gasteiger partial charge on any atom is 0.283 e. The average Bonchev–Trinajstić information content (AvgIpc) is 3.08. The molecule has 33 heavy (non-hydrogen) atoms. The summed E-state index contributed by atoms with van der Waals surface area (Å²) in [6.45, 7) is -0.191. The lowest BCUT2D eigenvalue weighted by atomic mass is 10.2. The molecule has 0 aliphatic heterocycles. The number of hydrogen-bond acceptors (Lipinski definition) is 4. The number of nitrogens with one attached hydrogen (secondary N) is 1. The van der Waals surface area contributed by atoms with Gasteiger partial charge in [-0.05, 0) is 29.8 Å². The van der Waals surface area contributed by atoms with Crippen molar-refractivity contribution in [3.05, 3.63) is 94.8 Å². The molecule has 2 N–H and O–H groups in total. The van der Waals surface area contributed by atoms with Gasteiger partial charge in [0, 0.05) is 10.4 Å². The van der Waals surface area contributed by atoms with Gasteiger partial charge in [0.15, 0.2) is 5.69 Å². The molecular weight excluding hydrogens is 447 g/mol. The topological polar surface area (TPSA) is 96.1 Å². The van der Waals surface area contributed by atoms with E-state index in [1.165, 1.54) is 18.2 Å². The third-order valence-corrected chi connectivity index (χ3v) is 5.35. The molecule has 7 nitrogen and oxygen atoms in total. The molecule has 3 aromatic carbocycles. The maximum atomic E-state index is 13.7. The summed E-state index contributed by atoms with van der Waals surface area (Å²) in [5.74, 6) is -2.37. The molecule has 0 saturated carbocycles. The van der Waals surface area contributed by atoms with Crippen LogP contribution >= 0.6 is 11.6 Å². The average molecular weight is 465 g/mol. The van der Waals surface area contributed by atoms with E-state index in [9.17, 15) is 19.1 Å². The van der Waals surface area contributed by atoms with Gasteiger partial charge in [0.2, 0.25) is 5.88 Å². The molecule has 1 heterocycles. The fourth-order valence-electron chi connectivity index (χ4n) is 3.36. The summed E-state index contributed by atoms with van der Waals surface area (Å²) >= 11 is 6.26. The Morgan fingerprint density at radius 3 is 2.48 bits per heavy atom. The van der Waals surface area contributed by atoms with E-state index in [0.29, 0.717) is 15.9 Å². The first-order valence-electron chi connectivity index (χ1n) is 9.96. The van der Waals surface area contributed by atoms with Crippen molar-refractivity contribution in [2.24, 2.45) is 10.2 Å². The molecule has 0 bridgehead atoms. The van der Waals surface area contributed by atoms with E-state index in [-0.39, 0.29) is 23.7 Å². The molecule has 2 amide bonds. The Kier molecular flexibility index (Phi) is 6.46. The fourth-order valence-corrected chi connectivity index (χ4v) is 3.56. The van der Waals surface area contributed by atoms with Crippen LogP contribution in [0.4, 0.5) is 10.1 Å². The lowest BCUT2D eigenvalue weighted by Gasteiger charge is -2.08. The number of carbonyl (C=O) groups is 2. The zero-order valence-electron chi connectivity index (χ0n) is 17.2. The number of halogens is 2. The van der Waals surface area contributed by atoms with Crippen LogP contribution in [0, 0.1) is 5.82 Å². The Hall–Kier alpha value is -4.04. The van der Waals surface area contributed by atoms with E-state index in [1.54, 1.807) is 28.8 Å². The van der Waals surface area contributed by atoms with Crippen LogP contribution < -0.4 is 5.32 Å². The molecule has 0 atom stereocenters. The zero-order valence-corrected chi connectivity index (χ0v) is 18.0. The third kappa shape index (κ3) is 4.75. The van der Waals surface area contributed by atoms with Crippen molar-refractivity contribution in [3.63, 3.8) is 0 Å². The predicted molar refractivity (Wildman–Crippen MR) is 122 cm³/mol. The SMILES string of the molecule is O=C(CNC(=O)c1ccccc1F)N=Nc1c(O)n(Cc2ccccc2Cl)c2ccccc12. The Labute approximate surface area is 193 Å². The molecule has 9 heteroatoms. The summed E-state index contributed by atoms with van der Waals surface area (Å²) < 4.78 is 15.3. The predicted octanol–water partition coefficient (Wildman–Crippen LogP) is 5.23. The van der Waals surface area contributed by atoms with Gasteiger partial charge in [0.25, 0.3) is 11.8 Å². The number of rotatable bonds is 6. The standard InChI is InChI=1S/C24H18ClFN4O3/c25-18-10-4-1-7-15(18)14-30-20-12-6-3-9-17(20)22(24(30)33)29-28-21(31)13-27-23(32)16-8-2-5-11-19(16)26/h1-12,33H,13-14H2,(H,27,32). The summed E-state index contributed by atoms with van der Waals surface area (Å²) in [5, 5.41) is 21.8. The Balaban J connectivity index is 1.54. The number of nitrogens with zero attached hydrogens (tertiary/aromatic N) is 3. The van der Waals surface area contributed by atoms with Crippen molar-refractivity contribution in [1.29, 1.82) is 0 Å². The molecule has 4 rings (SSSR count). The minimum absolute atomic E-state index is 0.117. The van der Waals surface area contributed by atoms with E-state index in [0.717, 1.165) is 11.6 Å².